The lowest BCUT2D eigenvalue weighted by Gasteiger charge is -1.80. The van der Waals surface area contributed by atoms with Crippen molar-refractivity contribution in [1.82, 2.24) is 0 Å². The molecule has 50 valence electrons. The Morgan fingerprint density at radius 3 is 2.56 bits per heavy atom. The molecule has 1 heterocycles. The van der Waals surface area contributed by atoms with E-state index in [1.54, 1.807) is 6.07 Å². The summed E-state index contributed by atoms with van der Waals surface area (Å²) in [7, 11) is 0. The third kappa shape index (κ3) is 1.89. The third-order valence-electron chi connectivity index (χ3n) is 0.764. The molecule has 3 nitrogen and oxygen atoms in total. The SMILES string of the molecule is Br.NC(=O)c1ccco1. The van der Waals surface area contributed by atoms with Gasteiger partial charge in [-0.1, -0.05) is 0 Å². The number of amides is 1. The molecule has 1 aromatic heterocycles. The van der Waals surface area contributed by atoms with E-state index in [0.29, 0.717) is 0 Å². The summed E-state index contributed by atoms with van der Waals surface area (Å²) in [4.78, 5) is 10.2. The molecule has 0 aliphatic heterocycles. The molecule has 0 radical (unpaired) electrons. The number of carbonyl (C=O) groups excluding carboxylic acids is 1. The van der Waals surface area contributed by atoms with Crippen LogP contribution in [0.3, 0.4) is 0 Å². The molecule has 0 unspecified atom stereocenters. The molecule has 1 aromatic rings. The second-order valence-corrected chi connectivity index (χ2v) is 1.34. The van der Waals surface area contributed by atoms with E-state index >= 15 is 0 Å². The van der Waals surface area contributed by atoms with Crippen LogP contribution in [0, 0.1) is 0 Å². The molecule has 0 bridgehead atoms. The van der Waals surface area contributed by atoms with Crippen molar-refractivity contribution in [2.45, 2.75) is 0 Å². The highest BCUT2D eigenvalue weighted by molar-refractivity contribution is 8.93. The summed E-state index contributed by atoms with van der Waals surface area (Å²) in [5.41, 5.74) is 4.83. The van der Waals surface area contributed by atoms with E-state index in [1.165, 1.54) is 12.3 Å². The van der Waals surface area contributed by atoms with Crippen LogP contribution in [0.25, 0.3) is 0 Å². The summed E-state index contributed by atoms with van der Waals surface area (Å²) in [6.07, 6.45) is 1.40. The van der Waals surface area contributed by atoms with E-state index in [2.05, 4.69) is 4.42 Å². The molecular weight excluding hydrogens is 186 g/mol. The van der Waals surface area contributed by atoms with E-state index < -0.39 is 5.91 Å². The summed E-state index contributed by atoms with van der Waals surface area (Å²) < 4.78 is 4.62. The fourth-order valence-electron chi connectivity index (χ4n) is 0.419. The summed E-state index contributed by atoms with van der Waals surface area (Å²) in [5, 5.41) is 0. The van der Waals surface area contributed by atoms with Gasteiger partial charge in [-0.15, -0.1) is 17.0 Å². The molecule has 0 aliphatic rings. The fourth-order valence-corrected chi connectivity index (χ4v) is 0.419. The van der Waals surface area contributed by atoms with Gasteiger partial charge in [-0.25, -0.2) is 0 Å². The van der Waals surface area contributed by atoms with E-state index in [-0.39, 0.29) is 22.7 Å². The highest BCUT2D eigenvalue weighted by atomic mass is 79.9. The number of carbonyl (C=O) groups is 1. The van der Waals surface area contributed by atoms with E-state index in [9.17, 15) is 4.79 Å². The standard InChI is InChI=1S/C5H5NO2.BrH/c6-5(7)4-2-1-3-8-4;/h1-3H,(H2,6,7);1H. The van der Waals surface area contributed by atoms with Crippen LogP contribution in [-0.4, -0.2) is 5.91 Å². The van der Waals surface area contributed by atoms with Crippen LogP contribution in [0.2, 0.25) is 0 Å². The van der Waals surface area contributed by atoms with Crippen molar-refractivity contribution in [1.29, 1.82) is 0 Å². The van der Waals surface area contributed by atoms with Crippen LogP contribution < -0.4 is 5.73 Å². The van der Waals surface area contributed by atoms with Gasteiger partial charge < -0.3 is 10.2 Å². The maximum absolute atomic E-state index is 10.2. The molecule has 1 rings (SSSR count). The van der Waals surface area contributed by atoms with Crippen molar-refractivity contribution < 1.29 is 9.21 Å². The van der Waals surface area contributed by atoms with Gasteiger partial charge in [-0.05, 0) is 12.1 Å². The van der Waals surface area contributed by atoms with Crippen molar-refractivity contribution in [2.24, 2.45) is 5.73 Å². The molecule has 0 saturated heterocycles. The maximum Gasteiger partial charge on any atom is 0.284 e. The quantitative estimate of drug-likeness (QED) is 0.720. The Bertz CT molecular complexity index is 183. The first-order valence-corrected chi connectivity index (χ1v) is 2.14. The van der Waals surface area contributed by atoms with Crippen LogP contribution in [0.15, 0.2) is 22.8 Å². The zero-order valence-electron chi connectivity index (χ0n) is 4.53. The van der Waals surface area contributed by atoms with Gasteiger partial charge in [-0.3, -0.25) is 4.79 Å². The zero-order valence-corrected chi connectivity index (χ0v) is 6.25. The summed E-state index contributed by atoms with van der Waals surface area (Å²) in [5.74, 6) is -0.333. The van der Waals surface area contributed by atoms with Gasteiger partial charge in [0.25, 0.3) is 5.91 Å². The minimum atomic E-state index is -0.532. The van der Waals surface area contributed by atoms with Gasteiger partial charge in [0, 0.05) is 0 Å². The molecule has 0 aromatic carbocycles. The van der Waals surface area contributed by atoms with Crippen molar-refractivity contribution in [3.05, 3.63) is 24.2 Å². The first-order valence-electron chi connectivity index (χ1n) is 2.14. The molecule has 2 N–H and O–H groups in total. The maximum atomic E-state index is 10.2. The predicted octanol–water partition coefficient (Wildman–Crippen LogP) is 0.956. The Kier molecular flexibility index (Phi) is 3.01. The van der Waals surface area contributed by atoms with Gasteiger partial charge in [0.2, 0.25) is 0 Å². The molecule has 0 spiro atoms. The monoisotopic (exact) mass is 191 g/mol. The minimum Gasteiger partial charge on any atom is -0.459 e. The lowest BCUT2D eigenvalue weighted by atomic mass is 10.4. The highest BCUT2D eigenvalue weighted by Gasteiger charge is 1.98. The zero-order chi connectivity index (χ0) is 5.98. The van der Waals surface area contributed by atoms with E-state index in [1.807, 2.05) is 0 Å². The Morgan fingerprint density at radius 2 is 2.33 bits per heavy atom. The largest absolute Gasteiger partial charge is 0.459 e. The summed E-state index contributed by atoms with van der Waals surface area (Å²) in [6, 6.07) is 3.13. The van der Waals surface area contributed by atoms with Gasteiger partial charge in [0.05, 0.1) is 6.26 Å². The van der Waals surface area contributed by atoms with Crippen LogP contribution in [-0.2, 0) is 0 Å². The third-order valence-corrected chi connectivity index (χ3v) is 0.764. The molecule has 1 amide bonds. The molecule has 4 heteroatoms. The number of halogens is 1. The molecule has 0 aliphatic carbocycles. The smallest absolute Gasteiger partial charge is 0.284 e. The highest BCUT2D eigenvalue weighted by Crippen LogP contribution is 1.96. The Hall–Kier alpha value is -0.770. The lowest BCUT2D eigenvalue weighted by molar-refractivity contribution is 0.0974. The van der Waals surface area contributed by atoms with Gasteiger partial charge in [0.15, 0.2) is 5.76 Å². The molecule has 0 saturated carbocycles. The molecule has 9 heavy (non-hydrogen) atoms. The number of hydrogen-bond acceptors (Lipinski definition) is 2. The number of primary amides is 1. The number of furan rings is 1. The second-order valence-electron chi connectivity index (χ2n) is 1.34. The Morgan fingerprint density at radius 1 is 1.67 bits per heavy atom. The number of hydrogen-bond donors (Lipinski definition) is 1. The van der Waals surface area contributed by atoms with Crippen molar-refractivity contribution >= 4 is 22.9 Å². The molecular formula is C5H6BrNO2. The van der Waals surface area contributed by atoms with Crippen molar-refractivity contribution in [3.63, 3.8) is 0 Å². The lowest BCUT2D eigenvalue weighted by Crippen LogP contribution is -2.08. The summed E-state index contributed by atoms with van der Waals surface area (Å²) >= 11 is 0. The average molecular weight is 192 g/mol. The Labute approximate surface area is 62.6 Å². The van der Waals surface area contributed by atoms with Gasteiger partial charge in [0.1, 0.15) is 0 Å². The molecule has 0 atom stereocenters. The Balaban J connectivity index is 0.000000640. The van der Waals surface area contributed by atoms with Gasteiger partial charge >= 0.3 is 0 Å². The first-order chi connectivity index (χ1) is 3.80. The summed E-state index contributed by atoms with van der Waals surface area (Å²) in [6.45, 7) is 0. The van der Waals surface area contributed by atoms with Crippen LogP contribution in [0.4, 0.5) is 0 Å². The van der Waals surface area contributed by atoms with E-state index in [0.717, 1.165) is 0 Å². The number of rotatable bonds is 1. The van der Waals surface area contributed by atoms with Crippen LogP contribution in [0.1, 0.15) is 10.6 Å². The minimum absolute atomic E-state index is 0. The number of nitrogens with two attached hydrogens (primary N) is 1. The topological polar surface area (TPSA) is 56.2 Å². The van der Waals surface area contributed by atoms with Crippen LogP contribution in [0.5, 0.6) is 0 Å². The fraction of sp³-hybridized carbons (Fsp3) is 0. The van der Waals surface area contributed by atoms with E-state index in [4.69, 9.17) is 5.73 Å². The molecule has 0 fully saturated rings. The average Bonchev–Trinajstić information content (AvgIpc) is 2.12. The predicted molar refractivity (Wildman–Crippen MR) is 37.5 cm³/mol. The second kappa shape index (κ2) is 3.29. The van der Waals surface area contributed by atoms with Crippen molar-refractivity contribution in [3.8, 4) is 0 Å². The van der Waals surface area contributed by atoms with Crippen molar-refractivity contribution in [2.75, 3.05) is 0 Å². The first kappa shape index (κ1) is 8.23. The van der Waals surface area contributed by atoms with Crippen LogP contribution >= 0.6 is 17.0 Å². The van der Waals surface area contributed by atoms with Gasteiger partial charge in [-0.2, -0.15) is 0 Å². The normalized spacial score (nSPS) is 8.00.